The van der Waals surface area contributed by atoms with Gasteiger partial charge in [-0.15, -0.1) is 0 Å². The zero-order valence-corrected chi connectivity index (χ0v) is 16.6. The summed E-state index contributed by atoms with van der Waals surface area (Å²) in [6.45, 7) is 1.67. The Morgan fingerprint density at radius 2 is 1.81 bits per heavy atom. The van der Waals surface area contributed by atoms with Crippen molar-refractivity contribution in [1.82, 2.24) is 9.99 Å². The van der Waals surface area contributed by atoms with Crippen LogP contribution in [0.1, 0.15) is 21.7 Å². The van der Waals surface area contributed by atoms with Gasteiger partial charge in [0.25, 0.3) is 11.6 Å². The number of nitrogens with one attached hydrogen (secondary N) is 1. The van der Waals surface area contributed by atoms with Crippen molar-refractivity contribution in [3.05, 3.63) is 106 Å². The fourth-order valence-corrected chi connectivity index (χ4v) is 3.17. The monoisotopic (exact) mass is 414 g/mol. The number of aromatic nitrogens is 1. The molecule has 0 saturated carbocycles. The Morgan fingerprint density at radius 1 is 1.06 bits per heavy atom. The van der Waals surface area contributed by atoms with E-state index >= 15 is 0 Å². The average molecular weight is 414 g/mol. The Morgan fingerprint density at radius 3 is 2.52 bits per heavy atom. The van der Waals surface area contributed by atoms with E-state index in [9.17, 15) is 14.9 Å². The molecule has 0 atom stereocenters. The first-order valence-corrected chi connectivity index (χ1v) is 9.44. The van der Waals surface area contributed by atoms with Crippen LogP contribution < -0.4 is 5.43 Å². The molecule has 1 amide bonds. The van der Waals surface area contributed by atoms with E-state index in [1.165, 1.54) is 12.3 Å². The molecule has 0 bridgehead atoms. The smallest absolute Gasteiger partial charge is 0.273 e. The molecule has 0 fully saturated rings. The van der Waals surface area contributed by atoms with Crippen molar-refractivity contribution in [3.8, 4) is 17.0 Å². The summed E-state index contributed by atoms with van der Waals surface area (Å²) in [4.78, 5) is 23.0. The standard InChI is InChI=1S/C23H18N4O4/c1-16-20(5-4-6-21(16)27(29)30)22-12-11-19(31-22)15-24-25-23(28)17-7-9-18(10-8-17)26-13-2-3-14-26/h2-15H,1H3,(H,25,28). The van der Waals surface area contributed by atoms with E-state index in [4.69, 9.17) is 4.42 Å². The highest BCUT2D eigenvalue weighted by Gasteiger charge is 2.16. The third-order valence-corrected chi connectivity index (χ3v) is 4.78. The summed E-state index contributed by atoms with van der Waals surface area (Å²) >= 11 is 0. The van der Waals surface area contributed by atoms with Crippen molar-refractivity contribution in [3.63, 3.8) is 0 Å². The maximum absolute atomic E-state index is 12.3. The van der Waals surface area contributed by atoms with Gasteiger partial charge in [0, 0.05) is 40.8 Å². The molecule has 4 aromatic rings. The summed E-state index contributed by atoms with van der Waals surface area (Å²) in [5.41, 5.74) is 5.05. The molecule has 2 heterocycles. The number of hydrogen-bond donors (Lipinski definition) is 1. The second kappa shape index (κ2) is 8.50. The normalized spacial score (nSPS) is 11.0. The molecule has 0 saturated heterocycles. The molecule has 0 unspecified atom stereocenters. The van der Waals surface area contributed by atoms with Crippen molar-refractivity contribution < 1.29 is 14.1 Å². The Hall–Kier alpha value is -4.46. The lowest BCUT2D eigenvalue weighted by molar-refractivity contribution is -0.385. The fraction of sp³-hybridized carbons (Fsp3) is 0.0435. The van der Waals surface area contributed by atoms with E-state index in [1.54, 1.807) is 43.3 Å². The van der Waals surface area contributed by atoms with Crippen LogP contribution in [0.3, 0.4) is 0 Å². The molecule has 2 aromatic heterocycles. The lowest BCUT2D eigenvalue weighted by Gasteiger charge is -2.04. The number of furan rings is 1. The number of nitro groups is 1. The minimum absolute atomic E-state index is 0.0270. The molecule has 0 aliphatic heterocycles. The Labute approximate surface area is 177 Å². The summed E-state index contributed by atoms with van der Waals surface area (Å²) in [7, 11) is 0. The molecule has 0 radical (unpaired) electrons. The summed E-state index contributed by atoms with van der Waals surface area (Å²) in [6, 6.07) is 19.2. The highest BCUT2D eigenvalue weighted by atomic mass is 16.6. The third-order valence-electron chi connectivity index (χ3n) is 4.78. The number of nitro benzene ring substituents is 1. The van der Waals surface area contributed by atoms with Crippen LogP contribution in [-0.2, 0) is 0 Å². The molecule has 0 aliphatic rings. The Bertz CT molecular complexity index is 1260. The van der Waals surface area contributed by atoms with Gasteiger partial charge < -0.3 is 8.98 Å². The van der Waals surface area contributed by atoms with Gasteiger partial charge in [0.05, 0.1) is 11.1 Å². The molecule has 4 rings (SSSR count). The minimum atomic E-state index is -0.426. The molecule has 1 N–H and O–H groups in total. The lowest BCUT2D eigenvalue weighted by atomic mass is 10.1. The Kier molecular flexibility index (Phi) is 5.44. The van der Waals surface area contributed by atoms with Crippen molar-refractivity contribution in [2.24, 2.45) is 5.10 Å². The van der Waals surface area contributed by atoms with Gasteiger partial charge in [0.2, 0.25) is 0 Å². The number of carbonyl (C=O) groups is 1. The molecule has 0 aliphatic carbocycles. The van der Waals surface area contributed by atoms with Crippen LogP contribution >= 0.6 is 0 Å². The van der Waals surface area contributed by atoms with Crippen LogP contribution in [0.25, 0.3) is 17.0 Å². The highest BCUT2D eigenvalue weighted by molar-refractivity contribution is 5.94. The van der Waals surface area contributed by atoms with Gasteiger partial charge in [-0.3, -0.25) is 14.9 Å². The van der Waals surface area contributed by atoms with Crippen molar-refractivity contribution in [2.75, 3.05) is 0 Å². The second-order valence-corrected chi connectivity index (χ2v) is 6.75. The largest absolute Gasteiger partial charge is 0.455 e. The van der Waals surface area contributed by atoms with Crippen LogP contribution in [0.2, 0.25) is 0 Å². The molecule has 8 nitrogen and oxygen atoms in total. The average Bonchev–Trinajstić information content (AvgIpc) is 3.46. The van der Waals surface area contributed by atoms with Gasteiger partial charge in [-0.2, -0.15) is 5.10 Å². The number of amides is 1. The molecule has 0 spiro atoms. The van der Waals surface area contributed by atoms with E-state index in [1.807, 2.05) is 41.2 Å². The van der Waals surface area contributed by atoms with Crippen LogP contribution in [-0.4, -0.2) is 21.6 Å². The minimum Gasteiger partial charge on any atom is -0.455 e. The van der Waals surface area contributed by atoms with E-state index in [2.05, 4.69) is 10.5 Å². The summed E-state index contributed by atoms with van der Waals surface area (Å²) in [5.74, 6) is 0.537. The number of nitrogens with zero attached hydrogens (tertiary/aromatic N) is 3. The van der Waals surface area contributed by atoms with Crippen LogP contribution in [0.4, 0.5) is 5.69 Å². The number of hydrogen-bond acceptors (Lipinski definition) is 5. The van der Waals surface area contributed by atoms with Crippen LogP contribution in [0.5, 0.6) is 0 Å². The molecule has 31 heavy (non-hydrogen) atoms. The molecule has 2 aromatic carbocycles. The number of carbonyl (C=O) groups excluding carboxylic acids is 1. The predicted octanol–water partition coefficient (Wildman–Crippen LogP) is 4.72. The zero-order chi connectivity index (χ0) is 21.8. The van der Waals surface area contributed by atoms with Gasteiger partial charge in [0.15, 0.2) is 0 Å². The van der Waals surface area contributed by atoms with Gasteiger partial charge in [-0.1, -0.05) is 12.1 Å². The van der Waals surface area contributed by atoms with E-state index < -0.39 is 4.92 Å². The van der Waals surface area contributed by atoms with Gasteiger partial charge in [0.1, 0.15) is 11.5 Å². The molecular weight excluding hydrogens is 396 g/mol. The summed E-state index contributed by atoms with van der Waals surface area (Å²) < 4.78 is 7.65. The predicted molar refractivity (Wildman–Crippen MR) is 116 cm³/mol. The van der Waals surface area contributed by atoms with Gasteiger partial charge in [-0.25, -0.2) is 5.43 Å². The van der Waals surface area contributed by atoms with E-state index in [0.717, 1.165) is 5.69 Å². The van der Waals surface area contributed by atoms with Gasteiger partial charge >= 0.3 is 0 Å². The van der Waals surface area contributed by atoms with Crippen LogP contribution in [0, 0.1) is 17.0 Å². The maximum Gasteiger partial charge on any atom is 0.273 e. The first-order valence-electron chi connectivity index (χ1n) is 9.44. The lowest BCUT2D eigenvalue weighted by Crippen LogP contribution is -2.17. The van der Waals surface area contributed by atoms with Crippen molar-refractivity contribution in [2.45, 2.75) is 6.92 Å². The van der Waals surface area contributed by atoms with Crippen molar-refractivity contribution in [1.29, 1.82) is 0 Å². The van der Waals surface area contributed by atoms with E-state index in [0.29, 0.717) is 28.2 Å². The van der Waals surface area contributed by atoms with Gasteiger partial charge in [-0.05, 0) is 55.5 Å². The Balaban J connectivity index is 1.42. The van der Waals surface area contributed by atoms with Crippen molar-refractivity contribution >= 4 is 17.8 Å². The maximum atomic E-state index is 12.3. The topological polar surface area (TPSA) is 103 Å². The summed E-state index contributed by atoms with van der Waals surface area (Å²) in [6.07, 6.45) is 5.22. The summed E-state index contributed by atoms with van der Waals surface area (Å²) in [5, 5.41) is 15.1. The highest BCUT2D eigenvalue weighted by Crippen LogP contribution is 2.30. The number of hydrazone groups is 1. The number of rotatable bonds is 6. The first-order chi connectivity index (χ1) is 15.0. The quantitative estimate of drug-likeness (QED) is 0.280. The van der Waals surface area contributed by atoms with E-state index in [-0.39, 0.29) is 11.6 Å². The van der Waals surface area contributed by atoms with Crippen LogP contribution in [0.15, 0.2) is 88.6 Å². The fourth-order valence-electron chi connectivity index (χ4n) is 3.17. The second-order valence-electron chi connectivity index (χ2n) is 6.75. The zero-order valence-electron chi connectivity index (χ0n) is 16.6. The molecular formula is C23H18N4O4. The first kappa shape index (κ1) is 19.8. The third kappa shape index (κ3) is 4.27. The molecule has 8 heteroatoms. The molecule has 154 valence electrons. The number of benzene rings is 2. The SMILES string of the molecule is Cc1c(-c2ccc(C=NNC(=O)c3ccc(-n4cccc4)cc3)o2)cccc1[N+](=O)[O-].